The molecule has 1 saturated heterocycles. The summed E-state index contributed by atoms with van der Waals surface area (Å²) in [6.45, 7) is 12.7. The summed E-state index contributed by atoms with van der Waals surface area (Å²) in [5.41, 5.74) is 2.21. The summed E-state index contributed by atoms with van der Waals surface area (Å²) in [4.78, 5) is 4.61. The molecule has 1 aliphatic rings. The van der Waals surface area contributed by atoms with Crippen LogP contribution in [-0.4, -0.2) is 34.4 Å². The summed E-state index contributed by atoms with van der Waals surface area (Å²) in [5, 5.41) is 11.9. The third-order valence-corrected chi connectivity index (χ3v) is 4.33. The molecule has 0 aromatic carbocycles. The Morgan fingerprint density at radius 3 is 2.50 bits per heavy atom. The predicted molar refractivity (Wildman–Crippen MR) is 89.0 cm³/mol. The van der Waals surface area contributed by atoms with Crippen molar-refractivity contribution in [1.82, 2.24) is 15.2 Å². The zero-order valence-electron chi connectivity index (χ0n) is 14.6. The lowest BCUT2D eigenvalue weighted by Gasteiger charge is -2.40. The molecule has 2 rings (SSSR count). The Morgan fingerprint density at radius 1 is 1.14 bits per heavy atom. The monoisotopic (exact) mass is 306 g/mol. The van der Waals surface area contributed by atoms with Gasteiger partial charge in [0, 0.05) is 19.1 Å². The molecule has 0 saturated carbocycles. The van der Waals surface area contributed by atoms with E-state index in [1.54, 1.807) is 0 Å². The van der Waals surface area contributed by atoms with E-state index in [2.05, 4.69) is 55.1 Å². The Bertz CT molecular complexity index is 484. The molecule has 2 unspecified atom stereocenters. The van der Waals surface area contributed by atoms with E-state index in [9.17, 15) is 0 Å². The summed E-state index contributed by atoms with van der Waals surface area (Å²) >= 11 is 0. The third-order valence-electron chi connectivity index (χ3n) is 4.33. The molecule has 124 valence electrons. The van der Waals surface area contributed by atoms with Gasteiger partial charge in [0.1, 0.15) is 0 Å². The number of nitrogens with one attached hydrogen (secondary N) is 1. The molecular weight excluding hydrogens is 276 g/mol. The van der Waals surface area contributed by atoms with Crippen LogP contribution >= 0.6 is 0 Å². The highest BCUT2D eigenvalue weighted by Crippen LogP contribution is 2.34. The highest BCUT2D eigenvalue weighted by molar-refractivity contribution is 5.26. The molecule has 5 nitrogen and oxygen atoms in total. The zero-order chi connectivity index (χ0) is 16.2. The first-order valence-corrected chi connectivity index (χ1v) is 8.53. The quantitative estimate of drug-likeness (QED) is 0.905. The van der Waals surface area contributed by atoms with E-state index < -0.39 is 0 Å². The van der Waals surface area contributed by atoms with Gasteiger partial charge in [0.25, 0.3) is 0 Å². The molecule has 1 N–H and O–H groups in total. The van der Waals surface area contributed by atoms with E-state index in [1.807, 2.05) is 0 Å². The Kier molecular flexibility index (Phi) is 5.73. The molecule has 1 aromatic heterocycles. The van der Waals surface area contributed by atoms with Crippen molar-refractivity contribution in [2.24, 2.45) is 11.3 Å². The molecular formula is C17H30N4O. The maximum atomic E-state index is 6.03. The number of hydrogen-bond acceptors (Lipinski definition) is 5. The lowest BCUT2D eigenvalue weighted by atomic mass is 9.78. The zero-order valence-corrected chi connectivity index (χ0v) is 14.6. The summed E-state index contributed by atoms with van der Waals surface area (Å²) < 4.78 is 6.03. The Balaban J connectivity index is 2.02. The summed E-state index contributed by atoms with van der Waals surface area (Å²) in [5.74, 6) is 1.14. The minimum absolute atomic E-state index is 0.159. The topological polar surface area (TPSA) is 59.9 Å². The van der Waals surface area contributed by atoms with E-state index in [4.69, 9.17) is 4.74 Å². The van der Waals surface area contributed by atoms with Crippen molar-refractivity contribution in [3.8, 4) is 0 Å². The van der Waals surface area contributed by atoms with Gasteiger partial charge in [-0.3, -0.25) is 0 Å². The van der Waals surface area contributed by atoms with Crippen molar-refractivity contribution in [1.29, 1.82) is 0 Å². The van der Waals surface area contributed by atoms with Crippen LogP contribution in [-0.2, 0) is 17.6 Å². The van der Waals surface area contributed by atoms with Crippen LogP contribution in [0.15, 0.2) is 0 Å². The molecule has 1 aromatic rings. The van der Waals surface area contributed by atoms with Crippen molar-refractivity contribution < 1.29 is 4.74 Å². The smallest absolute Gasteiger partial charge is 0.242 e. The molecule has 22 heavy (non-hydrogen) atoms. The van der Waals surface area contributed by atoms with Crippen molar-refractivity contribution in [3.05, 3.63) is 11.4 Å². The van der Waals surface area contributed by atoms with Crippen LogP contribution in [0.5, 0.6) is 0 Å². The minimum Gasteiger partial charge on any atom is -0.377 e. The molecule has 2 atom stereocenters. The maximum absolute atomic E-state index is 6.03. The van der Waals surface area contributed by atoms with Gasteiger partial charge in [-0.05, 0) is 31.1 Å². The normalized spacial score (nSPS) is 22.6. The second-order valence-electron chi connectivity index (χ2n) is 7.18. The molecule has 2 heterocycles. The molecule has 1 aliphatic heterocycles. The number of nitrogens with zero attached hydrogens (tertiary/aromatic N) is 3. The fraction of sp³-hybridized carbons (Fsp3) is 0.824. The van der Waals surface area contributed by atoms with Gasteiger partial charge in [-0.1, -0.05) is 34.6 Å². The fourth-order valence-corrected chi connectivity index (χ4v) is 3.24. The summed E-state index contributed by atoms with van der Waals surface area (Å²) in [6, 6.07) is 0. The van der Waals surface area contributed by atoms with Gasteiger partial charge >= 0.3 is 0 Å². The molecule has 0 aliphatic carbocycles. The van der Waals surface area contributed by atoms with E-state index >= 15 is 0 Å². The number of ether oxygens (including phenoxy) is 1. The van der Waals surface area contributed by atoms with E-state index in [1.165, 1.54) is 6.42 Å². The van der Waals surface area contributed by atoms with Gasteiger partial charge in [0.15, 0.2) is 0 Å². The van der Waals surface area contributed by atoms with Gasteiger partial charge in [-0.25, -0.2) is 4.98 Å². The minimum atomic E-state index is 0.159. The standard InChI is InChI=1S/C17H30N4O/c1-6-13-14(7-2)20-21-16(19-13)18-11-12-9-8-10-22-15(12)17(3,4)5/h12,15H,6-11H2,1-5H3,(H,18,19,21). The first-order chi connectivity index (χ1) is 10.5. The van der Waals surface area contributed by atoms with Crippen molar-refractivity contribution in [2.45, 2.75) is 66.4 Å². The Morgan fingerprint density at radius 2 is 1.86 bits per heavy atom. The second kappa shape index (κ2) is 7.36. The largest absolute Gasteiger partial charge is 0.377 e. The molecule has 1 fully saturated rings. The number of hydrogen-bond donors (Lipinski definition) is 1. The van der Waals surface area contributed by atoms with Crippen LogP contribution < -0.4 is 5.32 Å². The fourth-order valence-electron chi connectivity index (χ4n) is 3.24. The van der Waals surface area contributed by atoms with Crippen LogP contribution in [0.1, 0.15) is 58.8 Å². The van der Waals surface area contributed by atoms with E-state index in [0.717, 1.165) is 43.8 Å². The van der Waals surface area contributed by atoms with E-state index in [0.29, 0.717) is 11.9 Å². The molecule has 0 bridgehead atoms. The predicted octanol–water partition coefficient (Wildman–Crippen LogP) is 3.25. The van der Waals surface area contributed by atoms with Gasteiger partial charge in [-0.2, -0.15) is 5.10 Å². The van der Waals surface area contributed by atoms with Crippen LogP contribution in [0.25, 0.3) is 0 Å². The van der Waals surface area contributed by atoms with Gasteiger partial charge < -0.3 is 10.1 Å². The summed E-state index contributed by atoms with van der Waals surface area (Å²) in [6.07, 6.45) is 4.38. The molecule has 0 amide bonds. The van der Waals surface area contributed by atoms with Crippen molar-refractivity contribution >= 4 is 5.95 Å². The third kappa shape index (κ3) is 4.15. The lowest BCUT2D eigenvalue weighted by molar-refractivity contribution is -0.0814. The molecule has 0 spiro atoms. The number of anilines is 1. The SMILES string of the molecule is CCc1nnc(NCC2CCCOC2C(C)(C)C)nc1CC. The molecule has 5 heteroatoms. The maximum Gasteiger partial charge on any atom is 0.242 e. The lowest BCUT2D eigenvalue weighted by Crippen LogP contribution is -2.42. The van der Waals surface area contributed by atoms with Crippen LogP contribution in [0, 0.1) is 11.3 Å². The van der Waals surface area contributed by atoms with Gasteiger partial charge in [0.05, 0.1) is 17.5 Å². The Hall–Kier alpha value is -1.23. The highest BCUT2D eigenvalue weighted by Gasteiger charge is 2.35. The Labute approximate surface area is 134 Å². The summed E-state index contributed by atoms with van der Waals surface area (Å²) in [7, 11) is 0. The van der Waals surface area contributed by atoms with Gasteiger partial charge in [-0.15, -0.1) is 5.10 Å². The van der Waals surface area contributed by atoms with Crippen LogP contribution in [0.4, 0.5) is 5.95 Å². The van der Waals surface area contributed by atoms with Gasteiger partial charge in [0.2, 0.25) is 5.95 Å². The van der Waals surface area contributed by atoms with E-state index in [-0.39, 0.29) is 11.5 Å². The van der Waals surface area contributed by atoms with Crippen LogP contribution in [0.2, 0.25) is 0 Å². The average molecular weight is 306 g/mol. The number of aryl methyl sites for hydroxylation is 2. The highest BCUT2D eigenvalue weighted by atomic mass is 16.5. The van der Waals surface area contributed by atoms with Crippen LogP contribution in [0.3, 0.4) is 0 Å². The first kappa shape index (κ1) is 17.1. The number of aromatic nitrogens is 3. The van der Waals surface area contributed by atoms with Crippen molar-refractivity contribution in [3.63, 3.8) is 0 Å². The molecule has 0 radical (unpaired) electrons. The second-order valence-corrected chi connectivity index (χ2v) is 7.18. The van der Waals surface area contributed by atoms with Crippen molar-refractivity contribution in [2.75, 3.05) is 18.5 Å². The number of rotatable bonds is 5. The average Bonchev–Trinajstić information content (AvgIpc) is 2.52. The first-order valence-electron chi connectivity index (χ1n) is 8.53.